The average molecular weight is 188 g/mol. The molecular formula is C8H16N2OS. The van der Waals surface area contributed by atoms with Crippen molar-refractivity contribution in [2.45, 2.75) is 20.1 Å². The summed E-state index contributed by atoms with van der Waals surface area (Å²) >= 11 is 4.76. The van der Waals surface area contributed by atoms with Crippen LogP contribution >= 0.6 is 12.2 Å². The van der Waals surface area contributed by atoms with Gasteiger partial charge in [0.25, 0.3) is 0 Å². The van der Waals surface area contributed by atoms with E-state index < -0.39 is 0 Å². The first-order valence-corrected chi connectivity index (χ1v) is 4.32. The minimum absolute atomic E-state index is 0.174. The van der Waals surface area contributed by atoms with Gasteiger partial charge in [0, 0.05) is 6.54 Å². The van der Waals surface area contributed by atoms with Crippen molar-refractivity contribution < 1.29 is 4.74 Å². The molecule has 0 aliphatic carbocycles. The first-order valence-electron chi connectivity index (χ1n) is 3.92. The van der Waals surface area contributed by atoms with E-state index in [9.17, 15) is 0 Å². The second-order valence-electron chi connectivity index (χ2n) is 2.32. The summed E-state index contributed by atoms with van der Waals surface area (Å²) in [5.74, 6) is 0. The van der Waals surface area contributed by atoms with Crippen LogP contribution in [0.3, 0.4) is 0 Å². The summed E-state index contributed by atoms with van der Waals surface area (Å²) in [7, 11) is 0. The SMILES string of the molecule is C=CC.CCN(C(N)=S)C1CO1. The molecule has 1 aliphatic rings. The van der Waals surface area contributed by atoms with Gasteiger partial charge in [-0.2, -0.15) is 0 Å². The summed E-state index contributed by atoms with van der Waals surface area (Å²) in [6, 6.07) is 0. The molecule has 3 nitrogen and oxygen atoms in total. The number of hydrogen-bond acceptors (Lipinski definition) is 2. The predicted molar refractivity (Wildman–Crippen MR) is 54.8 cm³/mol. The minimum Gasteiger partial charge on any atom is -0.376 e. The molecule has 0 aromatic rings. The number of likely N-dealkylation sites (N-methyl/N-ethyl adjacent to an activating group) is 1. The number of nitrogens with zero attached hydrogens (tertiary/aromatic N) is 1. The molecule has 0 bridgehead atoms. The van der Waals surface area contributed by atoms with Gasteiger partial charge in [0.1, 0.15) is 0 Å². The fourth-order valence-electron chi connectivity index (χ4n) is 0.724. The van der Waals surface area contributed by atoms with E-state index in [0.717, 1.165) is 13.2 Å². The molecule has 1 atom stereocenters. The molecule has 12 heavy (non-hydrogen) atoms. The van der Waals surface area contributed by atoms with Gasteiger partial charge in [-0.25, -0.2) is 0 Å². The van der Waals surface area contributed by atoms with Crippen molar-refractivity contribution in [3.63, 3.8) is 0 Å². The Bertz CT molecular complexity index is 157. The number of allylic oxidation sites excluding steroid dienone is 1. The Hall–Kier alpha value is -0.610. The molecular weight excluding hydrogens is 172 g/mol. The normalized spacial score (nSPS) is 18.7. The van der Waals surface area contributed by atoms with Gasteiger partial charge in [-0.1, -0.05) is 6.08 Å². The maximum atomic E-state index is 5.37. The molecule has 1 fully saturated rings. The number of rotatable bonds is 2. The molecule has 0 aromatic heterocycles. The Kier molecular flexibility index (Phi) is 5.66. The molecule has 1 rings (SSSR count). The molecule has 1 heterocycles. The van der Waals surface area contributed by atoms with Crippen LogP contribution < -0.4 is 5.73 Å². The molecule has 0 spiro atoms. The summed E-state index contributed by atoms with van der Waals surface area (Å²) in [6.07, 6.45) is 1.92. The van der Waals surface area contributed by atoms with Crippen LogP contribution in [0.25, 0.3) is 0 Å². The zero-order valence-corrected chi connectivity index (χ0v) is 8.43. The van der Waals surface area contributed by atoms with Crippen LogP contribution in [-0.4, -0.2) is 29.4 Å². The van der Waals surface area contributed by atoms with E-state index in [4.69, 9.17) is 22.7 Å². The zero-order valence-electron chi connectivity index (χ0n) is 7.62. The Morgan fingerprint density at radius 3 is 2.42 bits per heavy atom. The Morgan fingerprint density at radius 2 is 2.33 bits per heavy atom. The Labute approximate surface area is 79.2 Å². The first-order chi connectivity index (χ1) is 5.67. The minimum atomic E-state index is 0.174. The molecule has 0 saturated carbocycles. The highest BCUT2D eigenvalue weighted by atomic mass is 32.1. The lowest BCUT2D eigenvalue weighted by atomic mass is 10.5. The van der Waals surface area contributed by atoms with Gasteiger partial charge >= 0.3 is 0 Å². The largest absolute Gasteiger partial charge is 0.376 e. The summed E-state index contributed by atoms with van der Waals surface area (Å²) in [5.41, 5.74) is 5.37. The highest BCUT2D eigenvalue weighted by molar-refractivity contribution is 7.80. The van der Waals surface area contributed by atoms with Gasteiger partial charge in [0.15, 0.2) is 11.3 Å². The second-order valence-corrected chi connectivity index (χ2v) is 2.74. The summed E-state index contributed by atoms with van der Waals surface area (Å²) in [6.45, 7) is 8.85. The number of ether oxygens (including phenoxy) is 1. The smallest absolute Gasteiger partial charge is 0.168 e. The van der Waals surface area contributed by atoms with Crippen LogP contribution in [0.15, 0.2) is 12.7 Å². The molecule has 70 valence electrons. The third-order valence-electron chi connectivity index (χ3n) is 1.29. The summed E-state index contributed by atoms with van der Waals surface area (Å²) < 4.78 is 4.98. The van der Waals surface area contributed by atoms with Gasteiger partial charge in [0.2, 0.25) is 0 Å². The van der Waals surface area contributed by atoms with E-state index in [-0.39, 0.29) is 6.23 Å². The Balaban J connectivity index is 0.000000354. The zero-order chi connectivity index (χ0) is 9.56. The van der Waals surface area contributed by atoms with Crippen LogP contribution in [0.1, 0.15) is 13.8 Å². The van der Waals surface area contributed by atoms with Gasteiger partial charge < -0.3 is 15.4 Å². The van der Waals surface area contributed by atoms with Gasteiger partial charge in [-0.15, -0.1) is 6.58 Å². The summed E-state index contributed by atoms with van der Waals surface area (Å²) in [4.78, 5) is 1.86. The van der Waals surface area contributed by atoms with Crippen LogP contribution in [0, 0.1) is 0 Å². The highest BCUT2D eigenvalue weighted by Crippen LogP contribution is 2.13. The average Bonchev–Trinajstić information content (AvgIpc) is 2.73. The molecule has 2 N–H and O–H groups in total. The van der Waals surface area contributed by atoms with E-state index in [1.165, 1.54) is 0 Å². The van der Waals surface area contributed by atoms with Crippen molar-refractivity contribution in [1.82, 2.24) is 4.90 Å². The third kappa shape index (κ3) is 4.31. The fraction of sp³-hybridized carbons (Fsp3) is 0.625. The molecule has 1 saturated heterocycles. The van der Waals surface area contributed by atoms with E-state index in [0.29, 0.717) is 5.11 Å². The van der Waals surface area contributed by atoms with Crippen molar-refractivity contribution in [1.29, 1.82) is 0 Å². The number of nitrogens with two attached hydrogens (primary N) is 1. The van der Waals surface area contributed by atoms with Gasteiger partial charge in [0.05, 0.1) is 6.61 Å². The van der Waals surface area contributed by atoms with E-state index in [1.807, 2.05) is 18.7 Å². The number of hydrogen-bond donors (Lipinski definition) is 1. The maximum absolute atomic E-state index is 5.37. The quantitative estimate of drug-likeness (QED) is 0.400. The number of thiocarbonyl (C=S) groups is 1. The first kappa shape index (κ1) is 11.4. The maximum Gasteiger partial charge on any atom is 0.168 e. The van der Waals surface area contributed by atoms with Crippen molar-refractivity contribution >= 4 is 17.3 Å². The van der Waals surface area contributed by atoms with Crippen molar-refractivity contribution in [2.75, 3.05) is 13.2 Å². The molecule has 0 radical (unpaired) electrons. The van der Waals surface area contributed by atoms with E-state index in [2.05, 4.69) is 6.58 Å². The van der Waals surface area contributed by atoms with E-state index in [1.54, 1.807) is 6.08 Å². The van der Waals surface area contributed by atoms with Gasteiger partial charge in [-0.05, 0) is 26.1 Å². The molecule has 1 aliphatic heterocycles. The molecule has 4 heteroatoms. The topological polar surface area (TPSA) is 41.8 Å². The molecule has 1 unspecified atom stereocenters. The fourth-order valence-corrected chi connectivity index (χ4v) is 0.971. The van der Waals surface area contributed by atoms with Crippen LogP contribution in [0.2, 0.25) is 0 Å². The van der Waals surface area contributed by atoms with Crippen molar-refractivity contribution in [3.8, 4) is 0 Å². The van der Waals surface area contributed by atoms with E-state index >= 15 is 0 Å². The highest BCUT2D eigenvalue weighted by Gasteiger charge is 2.29. The van der Waals surface area contributed by atoms with Crippen molar-refractivity contribution in [3.05, 3.63) is 12.7 Å². The lowest BCUT2D eigenvalue weighted by Crippen LogP contribution is -2.37. The third-order valence-corrected chi connectivity index (χ3v) is 1.52. The van der Waals surface area contributed by atoms with Crippen LogP contribution in [0.5, 0.6) is 0 Å². The van der Waals surface area contributed by atoms with Crippen molar-refractivity contribution in [2.24, 2.45) is 5.73 Å². The lowest BCUT2D eigenvalue weighted by molar-refractivity contribution is 0.271. The predicted octanol–water partition coefficient (Wildman–Crippen LogP) is 1.10. The number of epoxide rings is 1. The lowest BCUT2D eigenvalue weighted by Gasteiger charge is -2.16. The molecule has 0 aromatic carbocycles. The Morgan fingerprint density at radius 1 is 1.92 bits per heavy atom. The summed E-state index contributed by atoms with van der Waals surface area (Å²) in [5, 5.41) is 0.431. The molecule has 0 amide bonds. The standard InChI is InChI=1S/C5H10N2OS.C3H6/c1-2-7(5(6)9)4-3-8-4;1-3-2/h4H,2-3H2,1H3,(H2,6,9);3H,1H2,2H3. The monoisotopic (exact) mass is 188 g/mol. The van der Waals surface area contributed by atoms with Crippen LogP contribution in [0.4, 0.5) is 0 Å². The van der Waals surface area contributed by atoms with Crippen LogP contribution in [-0.2, 0) is 4.74 Å². The second kappa shape index (κ2) is 5.97. The van der Waals surface area contributed by atoms with Gasteiger partial charge in [-0.3, -0.25) is 0 Å².